The van der Waals surface area contributed by atoms with Crippen LogP contribution in [0.4, 0.5) is 0 Å². The highest BCUT2D eigenvalue weighted by Gasteiger charge is 2.15. The van der Waals surface area contributed by atoms with E-state index >= 15 is 0 Å². The molecule has 0 aromatic heterocycles. The minimum atomic E-state index is -0.169. The van der Waals surface area contributed by atoms with Crippen molar-refractivity contribution in [1.29, 1.82) is 0 Å². The summed E-state index contributed by atoms with van der Waals surface area (Å²) in [5.74, 6) is 1.02. The lowest BCUT2D eigenvalue weighted by Crippen LogP contribution is -2.40. The van der Waals surface area contributed by atoms with Gasteiger partial charge in [-0.1, -0.05) is 17.7 Å². The smallest absolute Gasteiger partial charge is 0.239 e. The van der Waals surface area contributed by atoms with Gasteiger partial charge in [-0.25, -0.2) is 0 Å². The van der Waals surface area contributed by atoms with Gasteiger partial charge in [0.15, 0.2) is 11.5 Å². The summed E-state index contributed by atoms with van der Waals surface area (Å²) >= 11 is 0. The van der Waals surface area contributed by atoms with Crippen molar-refractivity contribution < 1.29 is 19.1 Å². The second kappa shape index (κ2) is 10.6. The molecule has 1 aliphatic carbocycles. The highest BCUT2D eigenvalue weighted by Crippen LogP contribution is 2.27. The van der Waals surface area contributed by atoms with Gasteiger partial charge in [-0.05, 0) is 49.8 Å². The van der Waals surface area contributed by atoms with Crippen LogP contribution in [0, 0.1) is 0 Å². The summed E-state index contributed by atoms with van der Waals surface area (Å²) in [6, 6.07) is 5.51. The zero-order valence-corrected chi connectivity index (χ0v) is 16.5. The Balaban J connectivity index is 1.84. The lowest BCUT2D eigenvalue weighted by Gasteiger charge is -2.22. The van der Waals surface area contributed by atoms with Crippen molar-refractivity contribution in [2.24, 2.45) is 0 Å². The number of nitrogens with one attached hydrogen (secondary N) is 1. The van der Waals surface area contributed by atoms with Gasteiger partial charge >= 0.3 is 0 Å². The van der Waals surface area contributed by atoms with Gasteiger partial charge in [-0.3, -0.25) is 9.59 Å². The molecular formula is C21H30N2O4. The molecule has 0 saturated heterocycles. The van der Waals surface area contributed by atoms with E-state index in [0.29, 0.717) is 24.6 Å². The third kappa shape index (κ3) is 6.62. The zero-order chi connectivity index (χ0) is 19.6. The fraction of sp³-hybridized carbons (Fsp3) is 0.524. The fourth-order valence-electron chi connectivity index (χ4n) is 3.18. The maximum absolute atomic E-state index is 12.3. The minimum Gasteiger partial charge on any atom is -0.493 e. The first-order valence-electron chi connectivity index (χ1n) is 9.44. The van der Waals surface area contributed by atoms with Crippen LogP contribution in [0.25, 0.3) is 0 Å². The number of nitrogens with zero attached hydrogens (tertiary/aromatic N) is 1. The van der Waals surface area contributed by atoms with Crippen LogP contribution in [-0.2, 0) is 16.1 Å². The second-order valence-electron chi connectivity index (χ2n) is 6.76. The molecule has 1 N–H and O–H groups in total. The molecule has 0 atom stereocenters. The Morgan fingerprint density at radius 3 is 2.56 bits per heavy atom. The van der Waals surface area contributed by atoms with Gasteiger partial charge in [0.05, 0.1) is 20.8 Å². The highest BCUT2D eigenvalue weighted by molar-refractivity contribution is 5.83. The van der Waals surface area contributed by atoms with Crippen LogP contribution >= 0.6 is 0 Å². The van der Waals surface area contributed by atoms with E-state index in [1.54, 1.807) is 25.2 Å². The van der Waals surface area contributed by atoms with E-state index in [2.05, 4.69) is 11.4 Å². The number of ether oxygens (including phenoxy) is 2. The van der Waals surface area contributed by atoms with Crippen LogP contribution < -0.4 is 14.8 Å². The summed E-state index contributed by atoms with van der Waals surface area (Å²) in [6.07, 6.45) is 7.83. The number of rotatable bonds is 9. The van der Waals surface area contributed by atoms with E-state index in [0.717, 1.165) is 24.8 Å². The largest absolute Gasteiger partial charge is 0.493 e. The highest BCUT2D eigenvalue weighted by atomic mass is 16.5. The molecule has 0 spiro atoms. The number of hydrogen-bond acceptors (Lipinski definition) is 4. The topological polar surface area (TPSA) is 67.9 Å². The summed E-state index contributed by atoms with van der Waals surface area (Å²) in [7, 11) is 3.16. The number of allylic oxidation sites excluding steroid dienone is 1. The molecule has 1 aromatic carbocycles. The molecule has 1 aromatic rings. The van der Waals surface area contributed by atoms with Crippen LogP contribution in [-0.4, -0.2) is 44.0 Å². The maximum atomic E-state index is 12.3. The molecule has 27 heavy (non-hydrogen) atoms. The first kappa shape index (κ1) is 20.8. The maximum Gasteiger partial charge on any atom is 0.239 e. The van der Waals surface area contributed by atoms with Crippen molar-refractivity contribution >= 4 is 11.8 Å². The van der Waals surface area contributed by atoms with Gasteiger partial charge < -0.3 is 19.7 Å². The molecule has 0 radical (unpaired) electrons. The Morgan fingerprint density at radius 1 is 1.15 bits per heavy atom. The first-order valence-corrected chi connectivity index (χ1v) is 9.44. The second-order valence-corrected chi connectivity index (χ2v) is 6.76. The van der Waals surface area contributed by atoms with E-state index in [1.165, 1.54) is 25.3 Å². The van der Waals surface area contributed by atoms with Crippen molar-refractivity contribution in [3.05, 3.63) is 35.4 Å². The fourth-order valence-corrected chi connectivity index (χ4v) is 3.18. The molecule has 1 aliphatic rings. The number of carbonyl (C=O) groups is 2. The van der Waals surface area contributed by atoms with Gasteiger partial charge in [-0.15, -0.1) is 0 Å². The number of benzene rings is 1. The summed E-state index contributed by atoms with van der Waals surface area (Å²) in [5.41, 5.74) is 2.31. The Hall–Kier alpha value is -2.50. The Bertz CT molecular complexity index is 685. The standard InChI is InChI=1S/C21H30N2O4/c1-16(24)23(12-11-17-7-5-4-6-8-17)15-21(25)22-14-18-9-10-19(26-2)20(13-18)27-3/h7,9-10,13H,4-6,8,11-12,14-15H2,1-3H3,(H,22,25). The van der Waals surface area contributed by atoms with E-state index < -0.39 is 0 Å². The monoisotopic (exact) mass is 374 g/mol. The third-order valence-electron chi connectivity index (χ3n) is 4.81. The van der Waals surface area contributed by atoms with Gasteiger partial charge in [-0.2, -0.15) is 0 Å². The Labute approximate surface area is 161 Å². The Morgan fingerprint density at radius 2 is 1.93 bits per heavy atom. The molecule has 6 nitrogen and oxygen atoms in total. The summed E-state index contributed by atoms with van der Waals surface area (Å²) in [5, 5.41) is 2.87. The van der Waals surface area contributed by atoms with Crippen molar-refractivity contribution in [3.63, 3.8) is 0 Å². The predicted molar refractivity (Wildman–Crippen MR) is 105 cm³/mol. The van der Waals surface area contributed by atoms with E-state index in [1.807, 2.05) is 12.1 Å². The molecule has 6 heteroatoms. The normalized spacial score (nSPS) is 13.5. The average molecular weight is 374 g/mol. The lowest BCUT2D eigenvalue weighted by molar-refractivity contribution is -0.134. The zero-order valence-electron chi connectivity index (χ0n) is 16.5. The van der Waals surface area contributed by atoms with Gasteiger partial charge in [0.1, 0.15) is 0 Å². The van der Waals surface area contributed by atoms with Crippen LogP contribution in [0.15, 0.2) is 29.8 Å². The lowest BCUT2D eigenvalue weighted by atomic mass is 9.97. The number of hydrogen-bond donors (Lipinski definition) is 1. The molecule has 2 amide bonds. The number of methoxy groups -OCH3 is 2. The summed E-state index contributed by atoms with van der Waals surface area (Å²) < 4.78 is 10.5. The van der Waals surface area contributed by atoms with Gasteiger partial charge in [0, 0.05) is 20.0 Å². The van der Waals surface area contributed by atoms with Crippen LogP contribution in [0.2, 0.25) is 0 Å². The molecule has 0 heterocycles. The molecular weight excluding hydrogens is 344 g/mol. The average Bonchev–Trinajstić information content (AvgIpc) is 2.69. The minimum absolute atomic E-state index is 0.0762. The molecule has 148 valence electrons. The summed E-state index contributed by atoms with van der Waals surface area (Å²) in [4.78, 5) is 25.8. The SMILES string of the molecule is COc1ccc(CNC(=O)CN(CCC2=CCCCC2)C(C)=O)cc1OC. The quantitative estimate of drug-likeness (QED) is 0.675. The molecule has 0 aliphatic heterocycles. The number of amides is 2. The van der Waals surface area contributed by atoms with Gasteiger partial charge in [0.25, 0.3) is 0 Å². The van der Waals surface area contributed by atoms with Crippen molar-refractivity contribution in [2.45, 2.75) is 45.6 Å². The van der Waals surface area contributed by atoms with Crippen LogP contribution in [0.3, 0.4) is 0 Å². The molecule has 0 saturated carbocycles. The van der Waals surface area contributed by atoms with Crippen LogP contribution in [0.5, 0.6) is 11.5 Å². The van der Waals surface area contributed by atoms with Gasteiger partial charge in [0.2, 0.25) is 11.8 Å². The van der Waals surface area contributed by atoms with E-state index in [9.17, 15) is 9.59 Å². The molecule has 2 rings (SSSR count). The van der Waals surface area contributed by atoms with E-state index in [4.69, 9.17) is 9.47 Å². The van der Waals surface area contributed by atoms with Crippen LogP contribution in [0.1, 0.15) is 44.6 Å². The molecule has 0 unspecified atom stereocenters. The van der Waals surface area contributed by atoms with E-state index in [-0.39, 0.29) is 18.4 Å². The van der Waals surface area contributed by atoms with Crippen molar-refractivity contribution in [3.8, 4) is 11.5 Å². The first-order chi connectivity index (χ1) is 13.0. The Kier molecular flexibility index (Phi) is 8.17. The third-order valence-corrected chi connectivity index (χ3v) is 4.81. The number of carbonyl (C=O) groups excluding carboxylic acids is 2. The molecule has 0 fully saturated rings. The molecule has 0 bridgehead atoms. The summed E-state index contributed by atoms with van der Waals surface area (Å²) in [6.45, 7) is 2.55. The van der Waals surface area contributed by atoms with Crippen molar-refractivity contribution in [1.82, 2.24) is 10.2 Å². The van der Waals surface area contributed by atoms with Crippen molar-refractivity contribution in [2.75, 3.05) is 27.3 Å². The predicted octanol–water partition coefficient (Wildman–Crippen LogP) is 3.06.